The first-order valence-electron chi connectivity index (χ1n) is 4.34. The first-order valence-corrected chi connectivity index (χ1v) is 4.34. The predicted molar refractivity (Wildman–Crippen MR) is 55.0 cm³/mol. The monoisotopic (exact) mass is 208 g/mol. The van der Waals surface area contributed by atoms with Crippen LogP contribution in [0.1, 0.15) is 15.9 Å². The molecule has 2 N–H and O–H groups in total. The van der Waals surface area contributed by atoms with Gasteiger partial charge in [-0.2, -0.15) is 0 Å². The maximum Gasteiger partial charge on any atom is 0.342 e. The molecule has 0 atom stereocenters. The maximum atomic E-state index is 11.4. The number of rotatable bonds is 3. The number of aromatic hydroxyl groups is 2. The van der Waals surface area contributed by atoms with Gasteiger partial charge in [-0.05, 0) is 18.6 Å². The number of benzene rings is 1. The number of phenols is 2. The van der Waals surface area contributed by atoms with Gasteiger partial charge in [0.1, 0.15) is 17.1 Å². The van der Waals surface area contributed by atoms with Gasteiger partial charge in [0.2, 0.25) is 0 Å². The number of hydrogen-bond donors (Lipinski definition) is 2. The Balaban J connectivity index is 3.37. The van der Waals surface area contributed by atoms with Crippen molar-refractivity contribution in [2.45, 2.75) is 6.42 Å². The Hall–Kier alpha value is -1.97. The summed E-state index contributed by atoms with van der Waals surface area (Å²) >= 11 is 0. The van der Waals surface area contributed by atoms with Crippen LogP contribution in [0.15, 0.2) is 24.8 Å². The van der Waals surface area contributed by atoms with Gasteiger partial charge in [-0.15, -0.1) is 6.58 Å². The number of methoxy groups -OCH3 is 1. The van der Waals surface area contributed by atoms with E-state index < -0.39 is 5.97 Å². The van der Waals surface area contributed by atoms with E-state index in [1.165, 1.54) is 25.3 Å². The van der Waals surface area contributed by atoms with Crippen LogP contribution in [-0.2, 0) is 11.2 Å². The van der Waals surface area contributed by atoms with Gasteiger partial charge in [-0.3, -0.25) is 0 Å². The SMILES string of the molecule is C=CCc1c(O)ccc(O)c1C(=O)OC. The van der Waals surface area contributed by atoms with Crippen molar-refractivity contribution in [3.05, 3.63) is 35.9 Å². The van der Waals surface area contributed by atoms with Crippen molar-refractivity contribution in [2.24, 2.45) is 0 Å². The molecule has 0 bridgehead atoms. The normalized spacial score (nSPS) is 9.67. The first-order chi connectivity index (χ1) is 7.11. The molecule has 15 heavy (non-hydrogen) atoms. The van der Waals surface area contributed by atoms with E-state index in [-0.39, 0.29) is 23.5 Å². The summed E-state index contributed by atoms with van der Waals surface area (Å²) in [5, 5.41) is 19.0. The average Bonchev–Trinajstić information content (AvgIpc) is 2.23. The van der Waals surface area contributed by atoms with Crippen LogP contribution in [-0.4, -0.2) is 23.3 Å². The Kier molecular flexibility index (Phi) is 3.33. The van der Waals surface area contributed by atoms with E-state index in [1.54, 1.807) is 0 Å². The Morgan fingerprint density at radius 3 is 2.60 bits per heavy atom. The Labute approximate surface area is 87.4 Å². The zero-order chi connectivity index (χ0) is 11.4. The molecule has 0 spiro atoms. The highest BCUT2D eigenvalue weighted by molar-refractivity contribution is 5.94. The van der Waals surface area contributed by atoms with Crippen molar-refractivity contribution in [3.8, 4) is 11.5 Å². The van der Waals surface area contributed by atoms with Gasteiger partial charge in [0.05, 0.1) is 7.11 Å². The molecule has 0 saturated carbocycles. The van der Waals surface area contributed by atoms with Gasteiger partial charge in [-0.1, -0.05) is 6.08 Å². The quantitative estimate of drug-likeness (QED) is 0.450. The van der Waals surface area contributed by atoms with Crippen LogP contribution in [0.2, 0.25) is 0 Å². The summed E-state index contributed by atoms with van der Waals surface area (Å²) < 4.78 is 4.51. The average molecular weight is 208 g/mol. The highest BCUT2D eigenvalue weighted by Gasteiger charge is 2.19. The number of allylic oxidation sites excluding steroid dienone is 1. The second-order valence-electron chi connectivity index (χ2n) is 2.94. The smallest absolute Gasteiger partial charge is 0.342 e. The zero-order valence-corrected chi connectivity index (χ0v) is 8.36. The van der Waals surface area contributed by atoms with Crippen LogP contribution in [0, 0.1) is 0 Å². The minimum absolute atomic E-state index is 0.0163. The number of carbonyl (C=O) groups excluding carboxylic acids is 1. The Morgan fingerprint density at radius 1 is 1.47 bits per heavy atom. The zero-order valence-electron chi connectivity index (χ0n) is 8.36. The molecular weight excluding hydrogens is 196 g/mol. The van der Waals surface area contributed by atoms with Crippen LogP contribution in [0.3, 0.4) is 0 Å². The van der Waals surface area contributed by atoms with E-state index in [0.717, 1.165) is 0 Å². The van der Waals surface area contributed by atoms with Crippen molar-refractivity contribution < 1.29 is 19.7 Å². The second-order valence-corrected chi connectivity index (χ2v) is 2.94. The topological polar surface area (TPSA) is 66.8 Å². The summed E-state index contributed by atoms with van der Waals surface area (Å²) in [4.78, 5) is 11.4. The van der Waals surface area contributed by atoms with Crippen LogP contribution in [0.5, 0.6) is 11.5 Å². The number of hydrogen-bond acceptors (Lipinski definition) is 4. The summed E-state index contributed by atoms with van der Waals surface area (Å²) in [7, 11) is 1.21. The second kappa shape index (κ2) is 4.50. The fourth-order valence-electron chi connectivity index (χ4n) is 1.31. The van der Waals surface area contributed by atoms with Crippen molar-refractivity contribution in [3.63, 3.8) is 0 Å². The third kappa shape index (κ3) is 2.10. The predicted octanol–water partition coefficient (Wildman–Crippen LogP) is 1.61. The van der Waals surface area contributed by atoms with E-state index in [4.69, 9.17) is 0 Å². The molecule has 4 heteroatoms. The number of esters is 1. The van der Waals surface area contributed by atoms with Crippen LogP contribution < -0.4 is 0 Å². The van der Waals surface area contributed by atoms with Crippen LogP contribution >= 0.6 is 0 Å². The molecule has 1 rings (SSSR count). The van der Waals surface area contributed by atoms with Crippen molar-refractivity contribution >= 4 is 5.97 Å². The molecule has 80 valence electrons. The standard InChI is InChI=1S/C11H12O4/c1-3-4-7-8(12)5-6-9(13)10(7)11(14)15-2/h3,5-6,12-13H,1,4H2,2H3. The van der Waals surface area contributed by atoms with Gasteiger partial charge in [0.15, 0.2) is 0 Å². The van der Waals surface area contributed by atoms with E-state index in [1.807, 2.05) is 0 Å². The van der Waals surface area contributed by atoms with Crippen molar-refractivity contribution in [1.82, 2.24) is 0 Å². The molecule has 0 unspecified atom stereocenters. The van der Waals surface area contributed by atoms with E-state index in [0.29, 0.717) is 5.56 Å². The lowest BCUT2D eigenvalue weighted by Gasteiger charge is -2.09. The van der Waals surface area contributed by atoms with E-state index in [9.17, 15) is 15.0 Å². The molecule has 0 aliphatic heterocycles. The summed E-state index contributed by atoms with van der Waals surface area (Å²) in [6, 6.07) is 2.56. The summed E-state index contributed by atoms with van der Waals surface area (Å²) in [5.74, 6) is -0.954. The Morgan fingerprint density at radius 2 is 2.07 bits per heavy atom. The molecule has 0 aliphatic rings. The van der Waals surface area contributed by atoms with Crippen molar-refractivity contribution in [2.75, 3.05) is 7.11 Å². The van der Waals surface area contributed by atoms with E-state index >= 15 is 0 Å². The number of ether oxygens (including phenoxy) is 1. The molecule has 0 heterocycles. The first kappa shape index (κ1) is 11.1. The summed E-state index contributed by atoms with van der Waals surface area (Å²) in [6.45, 7) is 3.51. The molecule has 0 aromatic heterocycles. The molecule has 0 amide bonds. The van der Waals surface area contributed by atoms with Crippen LogP contribution in [0.25, 0.3) is 0 Å². The minimum atomic E-state index is -0.680. The van der Waals surface area contributed by atoms with Gasteiger partial charge in [0, 0.05) is 5.56 Å². The van der Waals surface area contributed by atoms with Gasteiger partial charge < -0.3 is 14.9 Å². The van der Waals surface area contributed by atoms with Gasteiger partial charge >= 0.3 is 5.97 Å². The fraction of sp³-hybridized carbons (Fsp3) is 0.182. The van der Waals surface area contributed by atoms with Gasteiger partial charge in [-0.25, -0.2) is 4.79 Å². The third-order valence-corrected chi connectivity index (χ3v) is 2.00. The third-order valence-electron chi connectivity index (χ3n) is 2.00. The van der Waals surface area contributed by atoms with Crippen LogP contribution in [0.4, 0.5) is 0 Å². The Bertz CT molecular complexity index is 396. The largest absolute Gasteiger partial charge is 0.508 e. The summed E-state index contributed by atoms with van der Waals surface area (Å²) in [6.07, 6.45) is 1.81. The molecule has 1 aromatic carbocycles. The molecular formula is C11H12O4. The molecule has 4 nitrogen and oxygen atoms in total. The molecule has 0 fully saturated rings. The molecule has 0 saturated heterocycles. The molecule has 1 aromatic rings. The maximum absolute atomic E-state index is 11.4. The number of carbonyl (C=O) groups is 1. The highest BCUT2D eigenvalue weighted by Crippen LogP contribution is 2.30. The molecule has 0 aliphatic carbocycles. The lowest BCUT2D eigenvalue weighted by atomic mass is 10.0. The minimum Gasteiger partial charge on any atom is -0.508 e. The lowest BCUT2D eigenvalue weighted by molar-refractivity contribution is 0.0595. The van der Waals surface area contributed by atoms with Gasteiger partial charge in [0.25, 0.3) is 0 Å². The van der Waals surface area contributed by atoms with E-state index in [2.05, 4.69) is 11.3 Å². The summed E-state index contributed by atoms with van der Waals surface area (Å²) in [5.41, 5.74) is 0.300. The lowest BCUT2D eigenvalue weighted by Crippen LogP contribution is -2.06. The number of phenolic OH excluding ortho intramolecular Hbond substituents is 2. The highest BCUT2D eigenvalue weighted by atomic mass is 16.5. The molecule has 0 radical (unpaired) electrons. The fourth-order valence-corrected chi connectivity index (χ4v) is 1.31. The van der Waals surface area contributed by atoms with Crippen molar-refractivity contribution in [1.29, 1.82) is 0 Å².